The lowest BCUT2D eigenvalue weighted by Crippen LogP contribution is -2.15. The van der Waals surface area contributed by atoms with Gasteiger partial charge in [0.1, 0.15) is 5.75 Å². The van der Waals surface area contributed by atoms with Crippen molar-refractivity contribution in [2.24, 2.45) is 0 Å². The molecule has 0 amide bonds. The molecule has 0 aromatic heterocycles. The minimum absolute atomic E-state index is 0.736. The lowest BCUT2D eigenvalue weighted by Gasteiger charge is -2.12. The standard InChI is InChI=1S/C14H19Br2NOS/c1-19-6-2-5-18-14-12(15)7-10(8-13(14)16)9-17-11-3-4-11/h7-8,11,17H,2-6,9H2,1H3. The molecule has 0 bridgehead atoms. The average Bonchev–Trinajstić information content (AvgIpc) is 3.18. The largest absolute Gasteiger partial charge is 0.491 e. The van der Waals surface area contributed by atoms with Crippen molar-refractivity contribution in [2.75, 3.05) is 18.6 Å². The van der Waals surface area contributed by atoms with E-state index < -0.39 is 0 Å². The molecule has 1 N–H and O–H groups in total. The predicted molar refractivity (Wildman–Crippen MR) is 90.2 cm³/mol. The summed E-state index contributed by atoms with van der Waals surface area (Å²) >= 11 is 9.05. The highest BCUT2D eigenvalue weighted by molar-refractivity contribution is 9.11. The van der Waals surface area contributed by atoms with Gasteiger partial charge >= 0.3 is 0 Å². The van der Waals surface area contributed by atoms with Crippen LogP contribution in [-0.4, -0.2) is 24.7 Å². The third-order valence-corrected chi connectivity index (χ3v) is 4.84. The Balaban J connectivity index is 1.91. The first kappa shape index (κ1) is 15.7. The van der Waals surface area contributed by atoms with Gasteiger partial charge < -0.3 is 10.1 Å². The van der Waals surface area contributed by atoms with Gasteiger partial charge in [0.25, 0.3) is 0 Å². The Hall–Kier alpha value is 0.290. The molecular formula is C14H19Br2NOS. The van der Waals surface area contributed by atoms with Crippen molar-refractivity contribution in [2.45, 2.75) is 31.8 Å². The minimum atomic E-state index is 0.736. The van der Waals surface area contributed by atoms with Crippen LogP contribution in [0.2, 0.25) is 0 Å². The molecule has 1 saturated carbocycles. The smallest absolute Gasteiger partial charge is 0.147 e. The molecule has 0 unspecified atom stereocenters. The summed E-state index contributed by atoms with van der Waals surface area (Å²) in [6.45, 7) is 1.69. The fourth-order valence-corrected chi connectivity index (χ4v) is 3.70. The lowest BCUT2D eigenvalue weighted by molar-refractivity contribution is 0.314. The van der Waals surface area contributed by atoms with Crippen LogP contribution in [0.25, 0.3) is 0 Å². The molecular weight excluding hydrogens is 390 g/mol. The Morgan fingerprint density at radius 1 is 1.32 bits per heavy atom. The number of nitrogens with one attached hydrogen (secondary N) is 1. The van der Waals surface area contributed by atoms with Crippen LogP contribution in [0.15, 0.2) is 21.1 Å². The van der Waals surface area contributed by atoms with Crippen LogP contribution in [0.5, 0.6) is 5.75 Å². The number of thioether (sulfide) groups is 1. The van der Waals surface area contributed by atoms with E-state index in [0.29, 0.717) is 0 Å². The van der Waals surface area contributed by atoms with Crippen LogP contribution in [0.3, 0.4) is 0 Å². The molecule has 0 spiro atoms. The second-order valence-electron chi connectivity index (χ2n) is 4.74. The maximum Gasteiger partial charge on any atom is 0.147 e. The SMILES string of the molecule is CSCCCOc1c(Br)cc(CNC2CC2)cc1Br. The zero-order valence-corrected chi connectivity index (χ0v) is 15.0. The van der Waals surface area contributed by atoms with Crippen LogP contribution in [0, 0.1) is 0 Å². The Kier molecular flexibility index (Phi) is 6.53. The molecule has 1 aliphatic rings. The van der Waals surface area contributed by atoms with Crippen LogP contribution in [-0.2, 0) is 6.54 Å². The summed E-state index contributed by atoms with van der Waals surface area (Å²) < 4.78 is 7.89. The highest BCUT2D eigenvalue weighted by Gasteiger charge is 2.20. The molecule has 0 atom stereocenters. The van der Waals surface area contributed by atoms with Crippen molar-refractivity contribution in [1.29, 1.82) is 0 Å². The lowest BCUT2D eigenvalue weighted by atomic mass is 10.2. The monoisotopic (exact) mass is 407 g/mol. The first-order valence-electron chi connectivity index (χ1n) is 6.53. The highest BCUT2D eigenvalue weighted by Crippen LogP contribution is 2.35. The first-order chi connectivity index (χ1) is 9.20. The van der Waals surface area contributed by atoms with Crippen molar-refractivity contribution < 1.29 is 4.74 Å². The van der Waals surface area contributed by atoms with Crippen molar-refractivity contribution in [1.82, 2.24) is 5.32 Å². The van der Waals surface area contributed by atoms with Crippen molar-refractivity contribution >= 4 is 43.6 Å². The van der Waals surface area contributed by atoms with E-state index >= 15 is 0 Å². The summed E-state index contributed by atoms with van der Waals surface area (Å²) in [4.78, 5) is 0. The molecule has 1 aliphatic carbocycles. The predicted octanol–water partition coefficient (Wildman–Crippen LogP) is 4.60. The van der Waals surface area contributed by atoms with E-state index in [4.69, 9.17) is 4.74 Å². The van der Waals surface area contributed by atoms with E-state index in [1.807, 2.05) is 11.8 Å². The quantitative estimate of drug-likeness (QED) is 0.635. The van der Waals surface area contributed by atoms with E-state index in [1.54, 1.807) is 0 Å². The van der Waals surface area contributed by atoms with E-state index in [1.165, 1.54) is 18.4 Å². The van der Waals surface area contributed by atoms with Gasteiger partial charge in [0.05, 0.1) is 15.6 Å². The maximum absolute atomic E-state index is 5.84. The van der Waals surface area contributed by atoms with E-state index in [-0.39, 0.29) is 0 Å². The highest BCUT2D eigenvalue weighted by atomic mass is 79.9. The van der Waals surface area contributed by atoms with Gasteiger partial charge in [0, 0.05) is 12.6 Å². The maximum atomic E-state index is 5.84. The molecule has 106 valence electrons. The average molecular weight is 409 g/mol. The van der Waals surface area contributed by atoms with Gasteiger partial charge in [-0.2, -0.15) is 11.8 Å². The number of hydrogen-bond donors (Lipinski definition) is 1. The molecule has 1 fully saturated rings. The molecule has 2 rings (SSSR count). The van der Waals surface area contributed by atoms with Gasteiger partial charge in [-0.3, -0.25) is 0 Å². The van der Waals surface area contributed by atoms with Crippen LogP contribution in [0.1, 0.15) is 24.8 Å². The fraction of sp³-hybridized carbons (Fsp3) is 0.571. The number of hydrogen-bond acceptors (Lipinski definition) is 3. The molecule has 0 radical (unpaired) electrons. The summed E-state index contributed by atoms with van der Waals surface area (Å²) in [5.74, 6) is 2.05. The van der Waals surface area contributed by atoms with Crippen molar-refractivity contribution in [3.63, 3.8) is 0 Å². The van der Waals surface area contributed by atoms with Gasteiger partial charge in [-0.05, 0) is 80.8 Å². The first-order valence-corrected chi connectivity index (χ1v) is 9.51. The fourth-order valence-electron chi connectivity index (χ4n) is 1.78. The van der Waals surface area contributed by atoms with Crippen LogP contribution in [0.4, 0.5) is 0 Å². The van der Waals surface area contributed by atoms with Gasteiger partial charge in [-0.1, -0.05) is 0 Å². The van der Waals surface area contributed by atoms with Gasteiger partial charge in [-0.25, -0.2) is 0 Å². The summed E-state index contributed by atoms with van der Waals surface area (Å²) in [6.07, 6.45) is 5.83. The summed E-state index contributed by atoms with van der Waals surface area (Å²) in [7, 11) is 0. The molecule has 2 nitrogen and oxygen atoms in total. The Morgan fingerprint density at radius 3 is 2.58 bits per heavy atom. The molecule has 0 heterocycles. The molecule has 1 aromatic carbocycles. The molecule has 0 saturated heterocycles. The summed E-state index contributed by atoms with van der Waals surface area (Å²) in [6, 6.07) is 5.02. The second-order valence-corrected chi connectivity index (χ2v) is 7.43. The summed E-state index contributed by atoms with van der Waals surface area (Å²) in [5.41, 5.74) is 1.28. The molecule has 0 aliphatic heterocycles. The normalized spacial score (nSPS) is 14.7. The van der Waals surface area contributed by atoms with Crippen molar-refractivity contribution in [3.8, 4) is 5.75 Å². The second kappa shape index (κ2) is 7.91. The number of rotatable bonds is 8. The Bertz CT molecular complexity index is 401. The topological polar surface area (TPSA) is 21.3 Å². The summed E-state index contributed by atoms with van der Waals surface area (Å²) in [5, 5.41) is 3.52. The molecule has 5 heteroatoms. The zero-order valence-electron chi connectivity index (χ0n) is 11.0. The number of halogens is 2. The van der Waals surface area contributed by atoms with Crippen LogP contribution < -0.4 is 10.1 Å². The minimum Gasteiger partial charge on any atom is -0.491 e. The van der Waals surface area contributed by atoms with Gasteiger partial charge in [0.15, 0.2) is 0 Å². The molecule has 19 heavy (non-hydrogen) atoms. The van der Waals surface area contributed by atoms with Crippen molar-refractivity contribution in [3.05, 3.63) is 26.6 Å². The van der Waals surface area contributed by atoms with Gasteiger partial charge in [-0.15, -0.1) is 0 Å². The Morgan fingerprint density at radius 2 is 2.00 bits per heavy atom. The Labute approximate surface area is 136 Å². The van der Waals surface area contributed by atoms with E-state index in [0.717, 1.165) is 46.1 Å². The number of ether oxygens (including phenoxy) is 1. The van der Waals surface area contributed by atoms with E-state index in [2.05, 4.69) is 55.6 Å². The van der Waals surface area contributed by atoms with Crippen LogP contribution >= 0.6 is 43.6 Å². The molecule has 1 aromatic rings. The van der Waals surface area contributed by atoms with Gasteiger partial charge in [0.2, 0.25) is 0 Å². The van der Waals surface area contributed by atoms with E-state index in [9.17, 15) is 0 Å². The zero-order chi connectivity index (χ0) is 13.7. The number of benzene rings is 1. The third kappa shape index (κ3) is 5.29. The third-order valence-electron chi connectivity index (χ3n) is 2.97.